The molecule has 1 atom stereocenters. The highest BCUT2D eigenvalue weighted by Gasteiger charge is 2.13. The molecule has 0 aliphatic heterocycles. The standard InChI is InChI=1S/C19H28N2/c1-6-11-20-19-16(8-3)14(5)21-18-10-9-15(12-17(18)19)13(4)7-2/h9-10,12-13H,6-8,11H2,1-5H3,(H,20,21). The molecular formula is C19H28N2. The van der Waals surface area contributed by atoms with Crippen LogP contribution in [0.2, 0.25) is 0 Å². The van der Waals surface area contributed by atoms with Crippen LogP contribution >= 0.6 is 0 Å². The highest BCUT2D eigenvalue weighted by atomic mass is 14.9. The van der Waals surface area contributed by atoms with Crippen molar-refractivity contribution in [2.24, 2.45) is 0 Å². The predicted octanol–water partition coefficient (Wildman–Crippen LogP) is 5.44. The Labute approximate surface area is 129 Å². The molecular weight excluding hydrogens is 256 g/mol. The van der Waals surface area contributed by atoms with Crippen molar-refractivity contribution in [3.8, 4) is 0 Å². The van der Waals surface area contributed by atoms with Crippen LogP contribution in [-0.4, -0.2) is 11.5 Å². The van der Waals surface area contributed by atoms with Crippen molar-refractivity contribution < 1.29 is 0 Å². The molecule has 0 radical (unpaired) electrons. The number of nitrogens with one attached hydrogen (secondary N) is 1. The van der Waals surface area contributed by atoms with Gasteiger partial charge < -0.3 is 5.32 Å². The van der Waals surface area contributed by atoms with E-state index in [0.29, 0.717) is 5.92 Å². The van der Waals surface area contributed by atoms with E-state index in [1.807, 2.05) is 0 Å². The summed E-state index contributed by atoms with van der Waals surface area (Å²) in [6.45, 7) is 12.1. The molecule has 114 valence electrons. The Hall–Kier alpha value is -1.57. The fraction of sp³-hybridized carbons (Fsp3) is 0.526. The van der Waals surface area contributed by atoms with Gasteiger partial charge in [-0.1, -0.05) is 33.8 Å². The molecule has 1 N–H and O–H groups in total. The van der Waals surface area contributed by atoms with Gasteiger partial charge >= 0.3 is 0 Å². The van der Waals surface area contributed by atoms with E-state index in [2.05, 4.69) is 58.1 Å². The summed E-state index contributed by atoms with van der Waals surface area (Å²) < 4.78 is 0. The van der Waals surface area contributed by atoms with Gasteiger partial charge in [0, 0.05) is 23.3 Å². The monoisotopic (exact) mass is 284 g/mol. The van der Waals surface area contributed by atoms with Crippen LogP contribution in [-0.2, 0) is 6.42 Å². The van der Waals surface area contributed by atoms with Gasteiger partial charge in [0.1, 0.15) is 0 Å². The normalized spacial score (nSPS) is 12.6. The molecule has 0 aliphatic carbocycles. The second-order valence-corrected chi connectivity index (χ2v) is 5.92. The first kappa shape index (κ1) is 15.8. The summed E-state index contributed by atoms with van der Waals surface area (Å²) in [5.41, 5.74) is 6.33. The second-order valence-electron chi connectivity index (χ2n) is 5.92. The third-order valence-electron chi connectivity index (χ3n) is 4.40. The summed E-state index contributed by atoms with van der Waals surface area (Å²) in [6.07, 6.45) is 3.33. The van der Waals surface area contributed by atoms with Gasteiger partial charge in [-0.05, 0) is 55.4 Å². The highest BCUT2D eigenvalue weighted by Crippen LogP contribution is 2.32. The van der Waals surface area contributed by atoms with Gasteiger partial charge in [-0.3, -0.25) is 4.98 Å². The molecule has 2 rings (SSSR count). The first-order valence-corrected chi connectivity index (χ1v) is 8.29. The Kier molecular flexibility index (Phi) is 5.22. The number of aryl methyl sites for hydroxylation is 1. The smallest absolute Gasteiger partial charge is 0.0726 e. The quantitative estimate of drug-likeness (QED) is 0.764. The van der Waals surface area contributed by atoms with Crippen LogP contribution in [0.1, 0.15) is 63.3 Å². The average molecular weight is 284 g/mol. The molecule has 2 heteroatoms. The molecule has 0 bridgehead atoms. The van der Waals surface area contributed by atoms with E-state index in [1.165, 1.54) is 28.6 Å². The number of hydrogen-bond acceptors (Lipinski definition) is 2. The predicted molar refractivity (Wildman–Crippen MR) is 93.3 cm³/mol. The second kappa shape index (κ2) is 6.93. The van der Waals surface area contributed by atoms with Gasteiger partial charge in [-0.2, -0.15) is 0 Å². The Balaban J connectivity index is 2.64. The van der Waals surface area contributed by atoms with Crippen molar-refractivity contribution in [3.05, 3.63) is 35.0 Å². The van der Waals surface area contributed by atoms with Gasteiger partial charge in [0.25, 0.3) is 0 Å². The molecule has 0 saturated heterocycles. The minimum Gasteiger partial charge on any atom is -0.384 e. The lowest BCUT2D eigenvalue weighted by molar-refractivity contribution is 0.734. The van der Waals surface area contributed by atoms with Crippen LogP contribution in [0, 0.1) is 6.92 Å². The third-order valence-corrected chi connectivity index (χ3v) is 4.40. The van der Waals surface area contributed by atoms with Gasteiger partial charge in [-0.25, -0.2) is 0 Å². The van der Waals surface area contributed by atoms with Gasteiger partial charge in [0.05, 0.1) is 5.52 Å². The first-order valence-electron chi connectivity index (χ1n) is 8.29. The lowest BCUT2D eigenvalue weighted by atomic mass is 9.95. The molecule has 2 nitrogen and oxygen atoms in total. The minimum absolute atomic E-state index is 0.597. The summed E-state index contributed by atoms with van der Waals surface area (Å²) in [5, 5.41) is 4.92. The van der Waals surface area contributed by atoms with E-state index in [9.17, 15) is 0 Å². The van der Waals surface area contributed by atoms with Crippen LogP contribution in [0.25, 0.3) is 10.9 Å². The van der Waals surface area contributed by atoms with Crippen molar-refractivity contribution in [1.82, 2.24) is 4.98 Å². The highest BCUT2D eigenvalue weighted by molar-refractivity contribution is 5.94. The summed E-state index contributed by atoms with van der Waals surface area (Å²) in [7, 11) is 0. The third kappa shape index (κ3) is 3.20. The van der Waals surface area contributed by atoms with Gasteiger partial charge in [0.2, 0.25) is 0 Å². The molecule has 0 spiro atoms. The Morgan fingerprint density at radius 1 is 1.19 bits per heavy atom. The number of hydrogen-bond donors (Lipinski definition) is 1. The number of anilines is 1. The van der Waals surface area contributed by atoms with E-state index in [4.69, 9.17) is 4.98 Å². The summed E-state index contributed by atoms with van der Waals surface area (Å²) >= 11 is 0. The zero-order valence-corrected chi connectivity index (χ0v) is 14.1. The molecule has 0 amide bonds. The van der Waals surface area contributed by atoms with Crippen molar-refractivity contribution in [2.45, 2.75) is 59.8 Å². The largest absolute Gasteiger partial charge is 0.384 e. The fourth-order valence-corrected chi connectivity index (χ4v) is 2.87. The molecule has 2 aromatic rings. The molecule has 0 aliphatic rings. The molecule has 1 aromatic carbocycles. The number of fused-ring (bicyclic) bond motifs is 1. The maximum absolute atomic E-state index is 4.80. The van der Waals surface area contributed by atoms with E-state index in [0.717, 1.165) is 30.6 Å². The zero-order chi connectivity index (χ0) is 15.4. The van der Waals surface area contributed by atoms with Crippen LogP contribution in [0.3, 0.4) is 0 Å². The summed E-state index contributed by atoms with van der Waals surface area (Å²) in [5.74, 6) is 0.597. The molecule has 1 aromatic heterocycles. The Morgan fingerprint density at radius 3 is 2.57 bits per heavy atom. The lowest BCUT2D eigenvalue weighted by Gasteiger charge is -2.18. The molecule has 0 saturated carbocycles. The maximum atomic E-state index is 4.80. The minimum atomic E-state index is 0.597. The lowest BCUT2D eigenvalue weighted by Crippen LogP contribution is -2.07. The number of pyridine rings is 1. The summed E-state index contributed by atoms with van der Waals surface area (Å²) in [4.78, 5) is 4.80. The van der Waals surface area contributed by atoms with Gasteiger partial charge in [-0.15, -0.1) is 0 Å². The molecule has 1 heterocycles. The SMILES string of the molecule is CCCNc1c(CC)c(C)nc2ccc(C(C)CC)cc12. The number of nitrogens with zero attached hydrogens (tertiary/aromatic N) is 1. The topological polar surface area (TPSA) is 24.9 Å². The Bertz CT molecular complexity index is 616. The van der Waals surface area contributed by atoms with Crippen molar-refractivity contribution in [3.63, 3.8) is 0 Å². The maximum Gasteiger partial charge on any atom is 0.0726 e. The zero-order valence-electron chi connectivity index (χ0n) is 14.1. The van der Waals surface area contributed by atoms with Crippen LogP contribution in [0.5, 0.6) is 0 Å². The van der Waals surface area contributed by atoms with E-state index >= 15 is 0 Å². The average Bonchev–Trinajstić information content (AvgIpc) is 2.51. The fourth-order valence-electron chi connectivity index (χ4n) is 2.87. The number of aromatic nitrogens is 1. The summed E-state index contributed by atoms with van der Waals surface area (Å²) in [6, 6.07) is 6.76. The van der Waals surface area contributed by atoms with Gasteiger partial charge in [0.15, 0.2) is 0 Å². The van der Waals surface area contributed by atoms with Crippen molar-refractivity contribution >= 4 is 16.6 Å². The van der Waals surface area contributed by atoms with Crippen LogP contribution < -0.4 is 5.32 Å². The van der Waals surface area contributed by atoms with E-state index in [1.54, 1.807) is 0 Å². The van der Waals surface area contributed by atoms with E-state index < -0.39 is 0 Å². The first-order chi connectivity index (χ1) is 10.1. The van der Waals surface area contributed by atoms with Crippen LogP contribution in [0.15, 0.2) is 18.2 Å². The van der Waals surface area contributed by atoms with Crippen molar-refractivity contribution in [1.29, 1.82) is 0 Å². The molecule has 21 heavy (non-hydrogen) atoms. The van der Waals surface area contributed by atoms with Crippen LogP contribution in [0.4, 0.5) is 5.69 Å². The molecule has 1 unspecified atom stereocenters. The number of rotatable bonds is 6. The van der Waals surface area contributed by atoms with Crippen molar-refractivity contribution in [2.75, 3.05) is 11.9 Å². The van der Waals surface area contributed by atoms with E-state index in [-0.39, 0.29) is 0 Å². The number of benzene rings is 1. The Morgan fingerprint density at radius 2 is 1.95 bits per heavy atom. The molecule has 0 fully saturated rings.